The molecule has 4 rings (SSSR count). The number of nitrogens with one attached hydrogen (secondary N) is 1. The molecule has 2 aromatic rings. The summed E-state index contributed by atoms with van der Waals surface area (Å²) in [4.78, 5) is 26.5. The van der Waals surface area contributed by atoms with Gasteiger partial charge in [-0.2, -0.15) is 0 Å². The van der Waals surface area contributed by atoms with Gasteiger partial charge in [-0.1, -0.05) is 0 Å². The number of ether oxygens (including phenoxy) is 1. The molecule has 0 aromatic carbocycles. The van der Waals surface area contributed by atoms with Crippen molar-refractivity contribution < 1.29 is 9.53 Å². The minimum absolute atomic E-state index is 0.155. The van der Waals surface area contributed by atoms with Gasteiger partial charge in [0.15, 0.2) is 0 Å². The molecule has 7 heteroatoms. The van der Waals surface area contributed by atoms with Crippen molar-refractivity contribution in [2.45, 2.75) is 71.4 Å². The highest BCUT2D eigenvalue weighted by Gasteiger charge is 2.28. The number of piperidine rings is 1. The van der Waals surface area contributed by atoms with Crippen LogP contribution in [0.2, 0.25) is 0 Å². The van der Waals surface area contributed by atoms with Crippen LogP contribution in [0.15, 0.2) is 0 Å². The quantitative estimate of drug-likeness (QED) is 0.843. The van der Waals surface area contributed by atoms with E-state index in [1.54, 1.807) is 0 Å². The fourth-order valence-corrected chi connectivity index (χ4v) is 5.32. The maximum Gasteiger partial charge on any atom is 0.407 e. The highest BCUT2D eigenvalue weighted by atomic mass is 32.1. The molecule has 1 aliphatic heterocycles. The molecule has 1 fully saturated rings. The van der Waals surface area contributed by atoms with Crippen LogP contribution in [-0.4, -0.2) is 40.8 Å². The van der Waals surface area contributed by atoms with Gasteiger partial charge in [0.1, 0.15) is 22.1 Å². The SMILES string of the molecule is Cc1nc(N2CCC(NC(=O)OC(C)(C)C)CC2)c2c3c(sc2n1)CCC3. The maximum absolute atomic E-state index is 12.0. The van der Waals surface area contributed by atoms with E-state index in [0.717, 1.165) is 48.8 Å². The van der Waals surface area contributed by atoms with Crippen molar-refractivity contribution in [3.63, 3.8) is 0 Å². The van der Waals surface area contributed by atoms with Gasteiger partial charge < -0.3 is 15.0 Å². The number of carbonyl (C=O) groups is 1. The van der Waals surface area contributed by atoms with Crippen molar-refractivity contribution in [2.75, 3.05) is 18.0 Å². The monoisotopic (exact) mass is 388 g/mol. The van der Waals surface area contributed by atoms with E-state index >= 15 is 0 Å². The van der Waals surface area contributed by atoms with Gasteiger partial charge in [0.05, 0.1) is 5.39 Å². The number of thiophene rings is 1. The molecule has 0 unspecified atom stereocenters. The van der Waals surface area contributed by atoms with E-state index in [1.165, 1.54) is 28.7 Å². The summed E-state index contributed by atoms with van der Waals surface area (Å²) in [7, 11) is 0. The van der Waals surface area contributed by atoms with Crippen LogP contribution in [0.3, 0.4) is 0 Å². The van der Waals surface area contributed by atoms with Gasteiger partial charge >= 0.3 is 6.09 Å². The normalized spacial score (nSPS) is 18.0. The summed E-state index contributed by atoms with van der Waals surface area (Å²) in [5, 5.41) is 4.29. The molecule has 1 amide bonds. The average molecular weight is 389 g/mol. The Hall–Kier alpha value is -1.89. The Balaban J connectivity index is 1.48. The first kappa shape index (κ1) is 18.5. The Morgan fingerprint density at radius 1 is 1.22 bits per heavy atom. The number of hydrogen-bond donors (Lipinski definition) is 1. The van der Waals surface area contributed by atoms with Crippen LogP contribution in [0.4, 0.5) is 10.6 Å². The number of aromatic nitrogens is 2. The molecule has 2 aromatic heterocycles. The number of fused-ring (bicyclic) bond motifs is 3. The molecule has 0 atom stereocenters. The molecule has 3 heterocycles. The summed E-state index contributed by atoms with van der Waals surface area (Å²) in [6.07, 6.45) is 5.04. The number of alkyl carbamates (subject to hydrolysis) is 1. The van der Waals surface area contributed by atoms with Crippen molar-refractivity contribution in [3.05, 3.63) is 16.3 Å². The topological polar surface area (TPSA) is 67.4 Å². The van der Waals surface area contributed by atoms with Crippen LogP contribution < -0.4 is 10.2 Å². The molecule has 0 bridgehead atoms. The second-order valence-corrected chi connectivity index (χ2v) is 9.62. The van der Waals surface area contributed by atoms with E-state index in [-0.39, 0.29) is 12.1 Å². The summed E-state index contributed by atoms with van der Waals surface area (Å²) in [5.74, 6) is 1.93. The molecular weight excluding hydrogens is 360 g/mol. The molecule has 1 aliphatic carbocycles. The number of carbonyl (C=O) groups excluding carboxylic acids is 1. The van der Waals surface area contributed by atoms with E-state index in [2.05, 4.69) is 10.2 Å². The largest absolute Gasteiger partial charge is 0.444 e. The number of aryl methyl sites for hydroxylation is 3. The van der Waals surface area contributed by atoms with Crippen molar-refractivity contribution in [1.29, 1.82) is 0 Å². The number of rotatable bonds is 2. The summed E-state index contributed by atoms with van der Waals surface area (Å²) < 4.78 is 5.38. The van der Waals surface area contributed by atoms with Gasteiger partial charge in [-0.15, -0.1) is 11.3 Å². The fraction of sp³-hybridized carbons (Fsp3) is 0.650. The van der Waals surface area contributed by atoms with Crippen molar-refractivity contribution >= 4 is 33.5 Å². The highest BCUT2D eigenvalue weighted by molar-refractivity contribution is 7.19. The van der Waals surface area contributed by atoms with Crippen molar-refractivity contribution in [3.8, 4) is 0 Å². The predicted octanol–water partition coefficient (Wildman–Crippen LogP) is 3.98. The van der Waals surface area contributed by atoms with E-state index < -0.39 is 5.60 Å². The van der Waals surface area contributed by atoms with Crippen LogP contribution in [0.5, 0.6) is 0 Å². The molecule has 1 saturated heterocycles. The number of nitrogens with zero attached hydrogens (tertiary/aromatic N) is 3. The highest BCUT2D eigenvalue weighted by Crippen LogP contribution is 2.41. The van der Waals surface area contributed by atoms with Gasteiger partial charge in [-0.3, -0.25) is 0 Å². The van der Waals surface area contributed by atoms with Crippen molar-refractivity contribution in [2.24, 2.45) is 0 Å². The Morgan fingerprint density at radius 2 is 1.96 bits per heavy atom. The zero-order valence-electron chi connectivity index (χ0n) is 16.6. The number of anilines is 1. The van der Waals surface area contributed by atoms with E-state index in [1.807, 2.05) is 39.0 Å². The zero-order chi connectivity index (χ0) is 19.2. The second kappa shape index (κ2) is 6.93. The molecular formula is C20H28N4O2S. The third kappa shape index (κ3) is 3.88. The van der Waals surface area contributed by atoms with Crippen LogP contribution in [0.1, 0.15) is 56.3 Å². The Bertz CT molecular complexity index is 863. The third-order valence-electron chi connectivity index (χ3n) is 5.17. The summed E-state index contributed by atoms with van der Waals surface area (Å²) >= 11 is 1.84. The van der Waals surface area contributed by atoms with E-state index in [0.29, 0.717) is 0 Å². The number of amides is 1. The number of hydrogen-bond acceptors (Lipinski definition) is 6. The lowest BCUT2D eigenvalue weighted by atomic mass is 10.0. The van der Waals surface area contributed by atoms with E-state index in [9.17, 15) is 4.79 Å². The first-order valence-electron chi connectivity index (χ1n) is 9.83. The second-order valence-electron chi connectivity index (χ2n) is 8.54. The molecule has 6 nitrogen and oxygen atoms in total. The molecule has 1 N–H and O–H groups in total. The first-order valence-corrected chi connectivity index (χ1v) is 10.6. The van der Waals surface area contributed by atoms with Gasteiger partial charge in [0.25, 0.3) is 0 Å². The Labute approximate surface area is 164 Å². The fourth-order valence-electron chi connectivity index (χ4n) is 4.02. The lowest BCUT2D eigenvalue weighted by molar-refractivity contribution is 0.0497. The third-order valence-corrected chi connectivity index (χ3v) is 6.36. The van der Waals surface area contributed by atoms with E-state index in [4.69, 9.17) is 14.7 Å². The van der Waals surface area contributed by atoms with Crippen molar-refractivity contribution in [1.82, 2.24) is 15.3 Å². The zero-order valence-corrected chi connectivity index (χ0v) is 17.4. The Kier molecular flexibility index (Phi) is 4.74. The van der Waals surface area contributed by atoms with Crippen LogP contribution in [0.25, 0.3) is 10.2 Å². The molecule has 27 heavy (non-hydrogen) atoms. The lowest BCUT2D eigenvalue weighted by Gasteiger charge is -2.34. The Morgan fingerprint density at radius 3 is 2.67 bits per heavy atom. The summed E-state index contributed by atoms with van der Waals surface area (Å²) in [5.41, 5.74) is 1.01. The van der Waals surface area contributed by atoms with Gasteiger partial charge in [-0.05, 0) is 65.4 Å². The molecule has 0 radical (unpaired) electrons. The summed E-state index contributed by atoms with van der Waals surface area (Å²) in [6, 6.07) is 0.155. The van der Waals surface area contributed by atoms with Crippen LogP contribution >= 0.6 is 11.3 Å². The van der Waals surface area contributed by atoms with Crippen LogP contribution in [0, 0.1) is 6.92 Å². The van der Waals surface area contributed by atoms with Crippen LogP contribution in [-0.2, 0) is 17.6 Å². The smallest absolute Gasteiger partial charge is 0.407 e. The predicted molar refractivity (Wildman–Crippen MR) is 109 cm³/mol. The molecule has 0 spiro atoms. The van der Waals surface area contributed by atoms with Gasteiger partial charge in [-0.25, -0.2) is 14.8 Å². The first-order chi connectivity index (χ1) is 12.8. The molecule has 146 valence electrons. The molecule has 2 aliphatic rings. The molecule has 0 saturated carbocycles. The lowest BCUT2D eigenvalue weighted by Crippen LogP contribution is -2.46. The minimum atomic E-state index is -0.464. The average Bonchev–Trinajstić information content (AvgIpc) is 3.13. The maximum atomic E-state index is 12.0. The minimum Gasteiger partial charge on any atom is -0.444 e. The van der Waals surface area contributed by atoms with Gasteiger partial charge in [0.2, 0.25) is 0 Å². The summed E-state index contributed by atoms with van der Waals surface area (Å²) in [6.45, 7) is 9.41. The van der Waals surface area contributed by atoms with Gasteiger partial charge in [0, 0.05) is 24.0 Å². The standard InChI is InChI=1S/C20H28N4O2S/c1-12-21-17(16-14-6-5-7-15(14)27-18(16)22-12)24-10-8-13(9-11-24)23-19(25)26-20(2,3)4/h13H,5-11H2,1-4H3,(H,23,25).